The minimum atomic E-state index is -0.179. The van der Waals surface area contributed by atoms with Crippen molar-refractivity contribution in [3.05, 3.63) is 60.2 Å². The van der Waals surface area contributed by atoms with Crippen molar-refractivity contribution >= 4 is 16.9 Å². The molecule has 110 valence electrons. The summed E-state index contributed by atoms with van der Waals surface area (Å²) >= 11 is 0.897. The van der Waals surface area contributed by atoms with Gasteiger partial charge in [-0.15, -0.1) is 10.2 Å². The largest absolute Gasteiger partial charge is 0.497 e. The molecule has 0 bridgehead atoms. The van der Waals surface area contributed by atoms with E-state index in [9.17, 15) is 4.79 Å². The molecule has 0 spiro atoms. The molecule has 0 saturated carbocycles. The fourth-order valence-electron chi connectivity index (χ4n) is 1.84. The number of nitrogens with zero attached hydrogens (tertiary/aromatic N) is 2. The molecule has 3 rings (SSSR count). The molecule has 0 unspecified atom stereocenters. The van der Waals surface area contributed by atoms with E-state index >= 15 is 0 Å². The zero-order chi connectivity index (χ0) is 15.4. The van der Waals surface area contributed by atoms with Gasteiger partial charge in [-0.3, -0.25) is 4.79 Å². The first-order valence-electron chi connectivity index (χ1n) is 6.51. The molecule has 0 aliphatic carbocycles. The van der Waals surface area contributed by atoms with Crippen molar-refractivity contribution in [2.45, 2.75) is 5.22 Å². The van der Waals surface area contributed by atoms with Gasteiger partial charge < -0.3 is 9.15 Å². The summed E-state index contributed by atoms with van der Waals surface area (Å²) in [5.41, 5.74) is 1.33. The fraction of sp³-hybridized carbons (Fsp3) is 0.0625. The number of carbonyl (C=O) groups is 1. The Balaban J connectivity index is 1.76. The van der Waals surface area contributed by atoms with Gasteiger partial charge in [-0.1, -0.05) is 30.3 Å². The minimum absolute atomic E-state index is 0.179. The number of hydrogen-bond acceptors (Lipinski definition) is 6. The number of aromatic nitrogens is 2. The van der Waals surface area contributed by atoms with Crippen LogP contribution >= 0.6 is 11.8 Å². The summed E-state index contributed by atoms with van der Waals surface area (Å²) in [4.78, 5) is 12.2. The van der Waals surface area contributed by atoms with Crippen molar-refractivity contribution < 1.29 is 13.9 Å². The SMILES string of the molecule is COc1cccc(C(=O)Sc2nnc(-c3ccccc3)o2)c1. The zero-order valence-electron chi connectivity index (χ0n) is 11.7. The number of benzene rings is 2. The van der Waals surface area contributed by atoms with Crippen molar-refractivity contribution in [1.29, 1.82) is 0 Å². The smallest absolute Gasteiger partial charge is 0.284 e. The van der Waals surface area contributed by atoms with Crippen LogP contribution in [0.3, 0.4) is 0 Å². The van der Waals surface area contributed by atoms with E-state index in [1.807, 2.05) is 30.3 Å². The van der Waals surface area contributed by atoms with Crippen molar-refractivity contribution in [2.75, 3.05) is 7.11 Å². The molecule has 1 heterocycles. The number of ether oxygens (including phenoxy) is 1. The van der Waals surface area contributed by atoms with Gasteiger partial charge in [0.25, 0.3) is 5.22 Å². The minimum Gasteiger partial charge on any atom is -0.497 e. The molecule has 5 nitrogen and oxygen atoms in total. The lowest BCUT2D eigenvalue weighted by Crippen LogP contribution is -1.94. The Morgan fingerprint density at radius 3 is 2.68 bits per heavy atom. The molecule has 0 amide bonds. The first-order valence-corrected chi connectivity index (χ1v) is 7.33. The highest BCUT2D eigenvalue weighted by molar-refractivity contribution is 8.14. The standard InChI is InChI=1S/C16H12N2O3S/c1-20-13-9-5-8-12(10-13)15(19)22-16-18-17-14(21-16)11-6-3-2-4-7-11/h2-10H,1H3. The van der Waals surface area contributed by atoms with E-state index in [0.717, 1.165) is 17.3 Å². The molecular weight excluding hydrogens is 300 g/mol. The maximum absolute atomic E-state index is 12.2. The summed E-state index contributed by atoms with van der Waals surface area (Å²) in [6.45, 7) is 0. The monoisotopic (exact) mass is 312 g/mol. The van der Waals surface area contributed by atoms with Crippen LogP contribution in [0.1, 0.15) is 10.4 Å². The van der Waals surface area contributed by atoms with Crippen LogP contribution in [-0.4, -0.2) is 22.4 Å². The van der Waals surface area contributed by atoms with Crippen molar-refractivity contribution in [2.24, 2.45) is 0 Å². The third kappa shape index (κ3) is 3.17. The number of carbonyl (C=O) groups excluding carboxylic acids is 1. The zero-order valence-corrected chi connectivity index (χ0v) is 12.5. The summed E-state index contributed by atoms with van der Waals surface area (Å²) in [5.74, 6) is 1.02. The van der Waals surface area contributed by atoms with Crippen LogP contribution in [0.15, 0.2) is 64.2 Å². The van der Waals surface area contributed by atoms with E-state index in [0.29, 0.717) is 17.2 Å². The molecule has 0 N–H and O–H groups in total. The quantitative estimate of drug-likeness (QED) is 0.685. The van der Waals surface area contributed by atoms with Gasteiger partial charge in [0.1, 0.15) is 5.75 Å². The van der Waals surface area contributed by atoms with Crippen molar-refractivity contribution in [3.8, 4) is 17.2 Å². The van der Waals surface area contributed by atoms with Crippen LogP contribution in [-0.2, 0) is 0 Å². The Labute approximate surface area is 131 Å². The lowest BCUT2D eigenvalue weighted by atomic mass is 10.2. The second-order valence-corrected chi connectivity index (χ2v) is 5.28. The highest BCUT2D eigenvalue weighted by atomic mass is 32.2. The Morgan fingerprint density at radius 2 is 1.91 bits per heavy atom. The molecule has 0 fully saturated rings. The van der Waals surface area contributed by atoms with E-state index < -0.39 is 0 Å². The molecular formula is C16H12N2O3S. The van der Waals surface area contributed by atoms with Gasteiger partial charge in [0.15, 0.2) is 0 Å². The van der Waals surface area contributed by atoms with Crippen LogP contribution in [0.4, 0.5) is 0 Å². The maximum Gasteiger partial charge on any atom is 0.284 e. The van der Waals surface area contributed by atoms with Crippen LogP contribution in [0.5, 0.6) is 5.75 Å². The van der Waals surface area contributed by atoms with Crippen LogP contribution < -0.4 is 4.74 Å². The number of hydrogen-bond donors (Lipinski definition) is 0. The van der Waals surface area contributed by atoms with E-state index in [1.165, 1.54) is 0 Å². The Hall–Kier alpha value is -2.60. The van der Waals surface area contributed by atoms with E-state index in [2.05, 4.69) is 10.2 Å². The molecule has 0 radical (unpaired) electrons. The summed E-state index contributed by atoms with van der Waals surface area (Å²) in [6, 6.07) is 16.3. The van der Waals surface area contributed by atoms with Gasteiger partial charge in [-0.2, -0.15) is 0 Å². The molecule has 0 aliphatic heterocycles. The first-order chi connectivity index (χ1) is 10.8. The second-order valence-electron chi connectivity index (χ2n) is 4.36. The third-order valence-electron chi connectivity index (χ3n) is 2.91. The van der Waals surface area contributed by atoms with E-state index in [4.69, 9.17) is 9.15 Å². The van der Waals surface area contributed by atoms with Crippen LogP contribution in [0.2, 0.25) is 0 Å². The summed E-state index contributed by atoms with van der Waals surface area (Å²) < 4.78 is 10.6. The van der Waals surface area contributed by atoms with Gasteiger partial charge in [0, 0.05) is 22.9 Å². The van der Waals surface area contributed by atoms with Crippen molar-refractivity contribution in [1.82, 2.24) is 10.2 Å². The summed E-state index contributed by atoms with van der Waals surface area (Å²) in [7, 11) is 1.56. The molecule has 6 heteroatoms. The van der Waals surface area contributed by atoms with Crippen LogP contribution in [0.25, 0.3) is 11.5 Å². The highest BCUT2D eigenvalue weighted by Crippen LogP contribution is 2.26. The molecule has 0 aliphatic rings. The average Bonchev–Trinajstić information content (AvgIpc) is 3.04. The number of rotatable bonds is 4. The van der Waals surface area contributed by atoms with E-state index in [-0.39, 0.29) is 10.3 Å². The maximum atomic E-state index is 12.2. The van der Waals surface area contributed by atoms with Gasteiger partial charge in [-0.05, 0) is 24.3 Å². The predicted molar refractivity (Wildman–Crippen MR) is 82.9 cm³/mol. The van der Waals surface area contributed by atoms with Crippen molar-refractivity contribution in [3.63, 3.8) is 0 Å². The number of methoxy groups -OCH3 is 1. The Morgan fingerprint density at radius 1 is 1.09 bits per heavy atom. The summed E-state index contributed by atoms with van der Waals surface area (Å²) in [6.07, 6.45) is 0. The van der Waals surface area contributed by atoms with E-state index in [1.54, 1.807) is 31.4 Å². The molecule has 22 heavy (non-hydrogen) atoms. The lowest BCUT2D eigenvalue weighted by Gasteiger charge is -2.01. The predicted octanol–water partition coefficient (Wildman–Crippen LogP) is 3.68. The molecule has 2 aromatic carbocycles. The normalized spacial score (nSPS) is 10.4. The lowest BCUT2D eigenvalue weighted by molar-refractivity contribution is 0.108. The number of thioether (sulfide) groups is 1. The third-order valence-corrected chi connectivity index (χ3v) is 3.67. The topological polar surface area (TPSA) is 65.2 Å². The molecule has 0 saturated heterocycles. The summed E-state index contributed by atoms with van der Waals surface area (Å²) in [5, 5.41) is 7.88. The fourth-order valence-corrected chi connectivity index (χ4v) is 2.44. The van der Waals surface area contributed by atoms with Gasteiger partial charge in [0.05, 0.1) is 7.11 Å². The molecule has 3 aromatic rings. The van der Waals surface area contributed by atoms with Crippen LogP contribution in [0, 0.1) is 0 Å². The van der Waals surface area contributed by atoms with Gasteiger partial charge in [-0.25, -0.2) is 0 Å². The van der Waals surface area contributed by atoms with Gasteiger partial charge >= 0.3 is 0 Å². The highest BCUT2D eigenvalue weighted by Gasteiger charge is 2.15. The molecule has 1 aromatic heterocycles. The van der Waals surface area contributed by atoms with Gasteiger partial charge in [0.2, 0.25) is 11.0 Å². The second kappa shape index (κ2) is 6.44. The first kappa shape index (κ1) is 14.3. The Kier molecular flexibility index (Phi) is 4.20. The molecule has 0 atom stereocenters. The Bertz CT molecular complexity index is 787. The average molecular weight is 312 g/mol.